The number of ketones is 2. The molecule has 0 spiro atoms. The molecule has 0 fully saturated rings. The average molecular weight is 917 g/mol. The van der Waals surface area contributed by atoms with Gasteiger partial charge in [0.05, 0.1) is 61.0 Å². The maximum atomic E-state index is 15.2. The van der Waals surface area contributed by atoms with E-state index in [1.807, 2.05) is 9.44 Å². The molecule has 2 heterocycles. The zero-order valence-electron chi connectivity index (χ0n) is 32.5. The van der Waals surface area contributed by atoms with Crippen LogP contribution in [0.15, 0.2) is 78.2 Å². The Labute approximate surface area is 374 Å². The van der Waals surface area contributed by atoms with Crippen molar-refractivity contribution in [1.82, 2.24) is 19.9 Å². The van der Waals surface area contributed by atoms with Crippen LogP contribution in [-0.2, 0) is 32.7 Å². The fraction of sp³-hybridized carbons (Fsp3) is 0.211. The zero-order chi connectivity index (χ0) is 43.7. The Morgan fingerprint density at radius 1 is 0.600 bits per heavy atom. The van der Waals surface area contributed by atoms with Gasteiger partial charge in [-0.3, -0.25) is 39.0 Å². The van der Waals surface area contributed by atoms with Crippen molar-refractivity contribution in [2.75, 3.05) is 33.5 Å². The SMILES string of the molecule is CCCS(=O)(=O)Nc1cc(F)c(F)c(C(=O)c2ccc3nccnc3c2)c1F.CCCS(=O)(=O)Nc1cc(F)c(SC)c(C(=O)c2ccc3nccnc3c2)c1F.C[S-].[Na+]. The molecule has 312 valence electrons. The molecule has 2 aromatic heterocycles. The molecule has 0 unspecified atom stereocenters. The maximum absolute atomic E-state index is 15.2. The number of fused-ring (bicyclic) bond motifs is 2. The number of nitrogens with one attached hydrogen (secondary N) is 2. The number of anilines is 2. The van der Waals surface area contributed by atoms with Gasteiger partial charge in [-0.05, 0) is 55.5 Å². The van der Waals surface area contributed by atoms with Crippen LogP contribution in [-0.4, -0.2) is 72.4 Å². The summed E-state index contributed by atoms with van der Waals surface area (Å²) in [4.78, 5) is 41.7. The van der Waals surface area contributed by atoms with Crippen LogP contribution in [0.4, 0.5) is 33.3 Å². The van der Waals surface area contributed by atoms with Crippen molar-refractivity contribution in [3.63, 3.8) is 0 Å². The monoisotopic (exact) mass is 916 g/mol. The van der Waals surface area contributed by atoms with Crippen molar-refractivity contribution < 1.29 is 77.9 Å². The fourth-order valence-corrected chi connectivity index (χ4v) is 8.32. The Morgan fingerprint density at radius 2 is 0.983 bits per heavy atom. The van der Waals surface area contributed by atoms with Crippen molar-refractivity contribution in [1.29, 1.82) is 0 Å². The number of nitrogens with zero attached hydrogens (tertiary/aromatic N) is 4. The van der Waals surface area contributed by atoms with Gasteiger partial charge in [0.1, 0.15) is 5.82 Å². The summed E-state index contributed by atoms with van der Waals surface area (Å²) in [6, 6.07) is 9.48. The second kappa shape index (κ2) is 22.0. The summed E-state index contributed by atoms with van der Waals surface area (Å²) in [5.74, 6) is -9.32. The molecule has 2 N–H and O–H groups in total. The van der Waals surface area contributed by atoms with E-state index < -0.39 is 83.2 Å². The van der Waals surface area contributed by atoms with Crippen LogP contribution in [0.3, 0.4) is 0 Å². The molecule has 0 aliphatic rings. The van der Waals surface area contributed by atoms with Gasteiger partial charge in [-0.15, -0.1) is 11.8 Å². The number of rotatable bonds is 13. The summed E-state index contributed by atoms with van der Waals surface area (Å²) in [7, 11) is -7.85. The van der Waals surface area contributed by atoms with Gasteiger partial charge in [0.2, 0.25) is 20.0 Å². The minimum atomic E-state index is -3.98. The van der Waals surface area contributed by atoms with Crippen molar-refractivity contribution in [3.8, 4) is 0 Å². The number of carbonyl (C=O) groups is 2. The molecule has 60 heavy (non-hydrogen) atoms. The van der Waals surface area contributed by atoms with E-state index in [-0.39, 0.29) is 63.5 Å². The maximum Gasteiger partial charge on any atom is 1.00 e. The number of thioether (sulfide) groups is 1. The first-order valence-electron chi connectivity index (χ1n) is 17.2. The van der Waals surface area contributed by atoms with Gasteiger partial charge in [0.25, 0.3) is 0 Å². The second-order valence-electron chi connectivity index (χ2n) is 12.1. The molecular formula is C38H34F5N6NaO6S4. The van der Waals surface area contributed by atoms with E-state index in [9.17, 15) is 44.0 Å². The summed E-state index contributed by atoms with van der Waals surface area (Å²) in [6.07, 6.45) is 9.37. The number of sulfonamides is 2. The Hall–Kier alpha value is -4.25. The largest absolute Gasteiger partial charge is 1.00 e. The van der Waals surface area contributed by atoms with E-state index in [0.717, 1.165) is 17.8 Å². The molecule has 0 bridgehead atoms. The Kier molecular flexibility index (Phi) is 18.4. The third-order valence-electron chi connectivity index (χ3n) is 7.93. The first kappa shape index (κ1) is 50.1. The van der Waals surface area contributed by atoms with Crippen LogP contribution < -0.4 is 39.0 Å². The molecular weight excluding hydrogens is 883 g/mol. The van der Waals surface area contributed by atoms with E-state index in [1.165, 1.54) is 61.4 Å². The summed E-state index contributed by atoms with van der Waals surface area (Å²) in [5.41, 5.74) is -1.52. The van der Waals surface area contributed by atoms with Crippen LogP contribution in [0.2, 0.25) is 0 Å². The Bertz CT molecular complexity index is 2770. The summed E-state index contributed by atoms with van der Waals surface area (Å²) >= 11 is 4.94. The molecule has 22 heteroatoms. The number of hydrogen-bond donors (Lipinski definition) is 2. The van der Waals surface area contributed by atoms with Gasteiger partial charge in [0.15, 0.2) is 34.8 Å². The topological polar surface area (TPSA) is 178 Å². The van der Waals surface area contributed by atoms with Crippen molar-refractivity contribution >= 4 is 89.4 Å². The first-order chi connectivity index (χ1) is 28.0. The smallest absolute Gasteiger partial charge is 0.796 e. The van der Waals surface area contributed by atoms with Crippen molar-refractivity contribution in [2.45, 2.75) is 31.6 Å². The molecule has 0 atom stereocenters. The van der Waals surface area contributed by atoms with Crippen molar-refractivity contribution in [2.24, 2.45) is 0 Å². The third-order valence-corrected chi connectivity index (χ3v) is 11.7. The third kappa shape index (κ3) is 12.0. The number of carbonyl (C=O) groups excluding carboxylic acids is 2. The molecule has 6 rings (SSSR count). The first-order valence-corrected chi connectivity index (χ1v) is 22.5. The molecule has 12 nitrogen and oxygen atoms in total. The molecule has 4 aromatic carbocycles. The van der Waals surface area contributed by atoms with Crippen molar-refractivity contribution in [3.05, 3.63) is 125 Å². The number of aromatic nitrogens is 4. The predicted octanol–water partition coefficient (Wildman–Crippen LogP) is 4.61. The van der Waals surface area contributed by atoms with Gasteiger partial charge in [-0.1, -0.05) is 13.8 Å². The molecule has 0 saturated heterocycles. The van der Waals surface area contributed by atoms with Crippen LogP contribution >= 0.6 is 11.8 Å². The normalized spacial score (nSPS) is 11.1. The quantitative estimate of drug-likeness (QED) is 0.0412. The van der Waals surface area contributed by atoms with Gasteiger partial charge in [0, 0.05) is 48.0 Å². The summed E-state index contributed by atoms with van der Waals surface area (Å²) in [6.45, 7) is 3.23. The summed E-state index contributed by atoms with van der Waals surface area (Å²) in [5, 5.41) is 0. The van der Waals surface area contributed by atoms with Crippen LogP contribution in [0.25, 0.3) is 22.1 Å². The van der Waals surface area contributed by atoms with Gasteiger partial charge in [-0.25, -0.2) is 38.8 Å². The van der Waals surface area contributed by atoms with E-state index >= 15 is 4.39 Å². The second-order valence-corrected chi connectivity index (χ2v) is 16.6. The number of benzene rings is 4. The molecule has 0 aliphatic carbocycles. The molecule has 0 radical (unpaired) electrons. The Balaban J connectivity index is 0.000000303. The fourth-order valence-electron chi connectivity index (χ4n) is 5.44. The molecule has 0 aliphatic heterocycles. The Morgan fingerprint density at radius 3 is 1.40 bits per heavy atom. The molecule has 0 amide bonds. The van der Waals surface area contributed by atoms with Crippen LogP contribution in [0.5, 0.6) is 0 Å². The average Bonchev–Trinajstić information content (AvgIpc) is 3.21. The number of halogens is 5. The standard InChI is InChI=1S/C19H17F2N3O3S2.C18H14F3N3O3S.CH4S.Na/c1-3-8-29(26,27)24-15-10-12(20)19(28-2)16(17(15)21)18(25)11-4-5-13-14(9-11)23-7-6-22-13;1-2-7-28(26,27)24-14-9-11(19)16(20)15(17(14)21)18(25)10-3-4-12-13(8-10)23-6-5-22-12;1-2;/h4-7,9-10,24H,3,8H2,1-2H3;3-6,8-9,24H,2,7H2,1H3;2H,1H3;/q;;;+1/p-1. The minimum Gasteiger partial charge on any atom is -0.796 e. The summed E-state index contributed by atoms with van der Waals surface area (Å²) < 4.78 is 124. The molecule has 6 aromatic rings. The van der Waals surface area contributed by atoms with E-state index in [1.54, 1.807) is 26.2 Å². The zero-order valence-corrected chi connectivity index (χ0v) is 37.8. The van der Waals surface area contributed by atoms with E-state index in [2.05, 4.69) is 32.6 Å². The molecule has 0 saturated carbocycles. The minimum absolute atomic E-state index is 0. The predicted molar refractivity (Wildman–Crippen MR) is 219 cm³/mol. The van der Waals surface area contributed by atoms with Gasteiger partial charge in [-0.2, -0.15) is 6.26 Å². The number of hydrogen-bond acceptors (Lipinski definition) is 12. The van der Waals surface area contributed by atoms with E-state index in [0.29, 0.717) is 34.6 Å². The van der Waals surface area contributed by atoms with Crippen LogP contribution in [0, 0.1) is 29.1 Å². The van der Waals surface area contributed by atoms with Gasteiger partial charge < -0.3 is 12.6 Å². The van der Waals surface area contributed by atoms with Gasteiger partial charge >= 0.3 is 29.6 Å². The van der Waals surface area contributed by atoms with Crippen LogP contribution in [0.1, 0.15) is 58.5 Å². The van der Waals surface area contributed by atoms with E-state index in [4.69, 9.17) is 0 Å².